The lowest BCUT2D eigenvalue weighted by atomic mass is 10.1. The average Bonchev–Trinajstić information content (AvgIpc) is 3.56. The van der Waals surface area contributed by atoms with Crippen molar-refractivity contribution >= 4 is 44.3 Å². The van der Waals surface area contributed by atoms with Gasteiger partial charge in [-0.25, -0.2) is 0 Å². The molecule has 4 heterocycles. The molecule has 0 bridgehead atoms. The van der Waals surface area contributed by atoms with Crippen LogP contribution < -0.4 is 4.74 Å². The number of ether oxygens (including phenoxy) is 2. The van der Waals surface area contributed by atoms with E-state index < -0.39 is 0 Å². The Labute approximate surface area is 207 Å². The van der Waals surface area contributed by atoms with E-state index in [2.05, 4.69) is 4.98 Å². The number of fused-ring (bicyclic) bond motifs is 2. The van der Waals surface area contributed by atoms with Crippen molar-refractivity contribution in [3.8, 4) is 11.5 Å². The molecule has 1 atom stereocenters. The number of aryl methyl sites for hydroxylation is 1. The first-order chi connectivity index (χ1) is 16.8. The third kappa shape index (κ3) is 4.04. The Morgan fingerprint density at radius 2 is 2.00 bits per heavy atom. The molecule has 0 spiro atoms. The van der Waals surface area contributed by atoms with Crippen LogP contribution in [0.15, 0.2) is 36.5 Å². The molecule has 0 unspecified atom stereocenters. The Balaban J connectivity index is 1.47. The lowest BCUT2D eigenvalue weighted by Gasteiger charge is -2.14. The van der Waals surface area contributed by atoms with Crippen molar-refractivity contribution < 1.29 is 19.1 Å². The van der Waals surface area contributed by atoms with E-state index >= 15 is 0 Å². The summed E-state index contributed by atoms with van der Waals surface area (Å²) in [6.07, 6.45) is 2.63. The maximum atomic E-state index is 13.0. The number of thiophene rings is 1. The lowest BCUT2D eigenvalue weighted by Crippen LogP contribution is -2.29. The number of likely N-dealkylation sites (tertiary alicyclic amines) is 1. The van der Waals surface area contributed by atoms with Crippen LogP contribution in [0.4, 0.5) is 0 Å². The Kier molecular flexibility index (Phi) is 5.98. The zero-order valence-electron chi connectivity index (χ0n) is 20.5. The van der Waals surface area contributed by atoms with Crippen LogP contribution in [-0.4, -0.2) is 71.6 Å². The largest absolute Gasteiger partial charge is 0.456 e. The summed E-state index contributed by atoms with van der Waals surface area (Å²) >= 11 is 1.39. The molecule has 4 aromatic rings. The van der Waals surface area contributed by atoms with Gasteiger partial charge in [0.25, 0.3) is 11.8 Å². The fourth-order valence-corrected chi connectivity index (χ4v) is 5.62. The number of carbonyl (C=O) groups excluding carboxylic acids is 2. The molecule has 9 heteroatoms. The Bertz CT molecular complexity index is 1450. The molecular formula is C26H28N4O4S. The first kappa shape index (κ1) is 23.3. The summed E-state index contributed by atoms with van der Waals surface area (Å²) in [7, 11) is 7.14. The number of hydrogen-bond donors (Lipinski definition) is 0. The molecule has 5 rings (SSSR count). The fraction of sp³-hybridized carbons (Fsp3) is 0.346. The summed E-state index contributed by atoms with van der Waals surface area (Å²) in [5.74, 6) is 1.27. The summed E-state index contributed by atoms with van der Waals surface area (Å²) in [5.41, 5.74) is 3.25. The van der Waals surface area contributed by atoms with Crippen LogP contribution in [0.2, 0.25) is 0 Å². The molecule has 1 fully saturated rings. The van der Waals surface area contributed by atoms with Crippen LogP contribution >= 0.6 is 11.3 Å². The molecule has 3 aromatic heterocycles. The number of benzene rings is 1. The molecule has 0 saturated carbocycles. The number of rotatable bonds is 5. The number of methoxy groups -OCH3 is 1. The van der Waals surface area contributed by atoms with Gasteiger partial charge in [0.2, 0.25) is 0 Å². The Morgan fingerprint density at radius 1 is 1.20 bits per heavy atom. The van der Waals surface area contributed by atoms with Crippen molar-refractivity contribution in [2.45, 2.75) is 19.4 Å². The number of amides is 2. The zero-order chi connectivity index (χ0) is 24.9. The molecule has 0 radical (unpaired) electrons. The summed E-state index contributed by atoms with van der Waals surface area (Å²) in [4.78, 5) is 34.3. The van der Waals surface area contributed by atoms with E-state index in [-0.39, 0.29) is 17.9 Å². The number of hydrogen-bond acceptors (Lipinski definition) is 6. The van der Waals surface area contributed by atoms with Crippen LogP contribution in [0.25, 0.3) is 21.1 Å². The summed E-state index contributed by atoms with van der Waals surface area (Å²) in [6.45, 7) is 3.24. The van der Waals surface area contributed by atoms with Crippen LogP contribution in [0.1, 0.15) is 32.1 Å². The van der Waals surface area contributed by atoms with Gasteiger partial charge in [0.05, 0.1) is 32.3 Å². The smallest absolute Gasteiger partial charge is 0.264 e. The van der Waals surface area contributed by atoms with Crippen LogP contribution in [0.5, 0.6) is 11.5 Å². The van der Waals surface area contributed by atoms with Gasteiger partial charge in [-0.15, -0.1) is 11.3 Å². The normalized spacial score (nSPS) is 15.8. The van der Waals surface area contributed by atoms with Crippen LogP contribution in [0, 0.1) is 6.92 Å². The van der Waals surface area contributed by atoms with Crippen molar-refractivity contribution in [2.75, 3.05) is 34.3 Å². The number of carbonyl (C=O) groups is 2. The van der Waals surface area contributed by atoms with E-state index in [1.54, 1.807) is 32.3 Å². The van der Waals surface area contributed by atoms with Crippen LogP contribution in [0.3, 0.4) is 0 Å². The average molecular weight is 493 g/mol. The van der Waals surface area contributed by atoms with E-state index in [4.69, 9.17) is 9.47 Å². The van der Waals surface area contributed by atoms with E-state index in [0.717, 1.165) is 33.2 Å². The van der Waals surface area contributed by atoms with Gasteiger partial charge in [-0.05, 0) is 31.5 Å². The van der Waals surface area contributed by atoms with Gasteiger partial charge in [-0.3, -0.25) is 14.6 Å². The third-order valence-electron chi connectivity index (χ3n) is 6.66. The van der Waals surface area contributed by atoms with Crippen molar-refractivity contribution in [3.63, 3.8) is 0 Å². The topological polar surface area (TPSA) is 76.9 Å². The van der Waals surface area contributed by atoms with Crippen molar-refractivity contribution in [3.05, 3.63) is 52.7 Å². The SMILES string of the molecule is CO[C@@H]1CCN(C(=O)c2cc3nccc(Oc4ccc5c(C(=O)N(C)C)c(C)n(C)c5c4)c3s2)C1. The monoisotopic (exact) mass is 492 g/mol. The molecule has 8 nitrogen and oxygen atoms in total. The minimum Gasteiger partial charge on any atom is -0.456 e. The van der Waals surface area contributed by atoms with Crippen molar-refractivity contribution in [2.24, 2.45) is 7.05 Å². The maximum Gasteiger partial charge on any atom is 0.264 e. The Hall–Kier alpha value is -3.43. The highest BCUT2D eigenvalue weighted by atomic mass is 32.1. The highest BCUT2D eigenvalue weighted by Crippen LogP contribution is 2.37. The number of nitrogens with zero attached hydrogens (tertiary/aromatic N) is 4. The molecule has 0 aliphatic carbocycles. The second kappa shape index (κ2) is 8.98. The number of pyridine rings is 1. The van der Waals surface area contributed by atoms with Gasteiger partial charge >= 0.3 is 0 Å². The van der Waals surface area contributed by atoms with E-state index in [1.165, 1.54) is 11.3 Å². The minimum absolute atomic E-state index is 0.00251. The lowest BCUT2D eigenvalue weighted by molar-refractivity contribution is 0.0728. The summed E-state index contributed by atoms with van der Waals surface area (Å²) < 4.78 is 14.5. The first-order valence-electron chi connectivity index (χ1n) is 11.5. The van der Waals surface area contributed by atoms with Gasteiger partial charge in [-0.2, -0.15) is 0 Å². The van der Waals surface area contributed by atoms with Crippen molar-refractivity contribution in [1.29, 1.82) is 0 Å². The molecular weight excluding hydrogens is 464 g/mol. The van der Waals surface area contributed by atoms with Gasteiger partial charge in [0.15, 0.2) is 0 Å². The van der Waals surface area contributed by atoms with Crippen molar-refractivity contribution in [1.82, 2.24) is 19.4 Å². The maximum absolute atomic E-state index is 13.0. The van der Waals surface area contributed by atoms with Gasteiger partial charge < -0.3 is 23.8 Å². The molecule has 1 aliphatic rings. The predicted octanol–water partition coefficient (Wildman–Crippen LogP) is 4.45. The first-order valence-corrected chi connectivity index (χ1v) is 12.3. The van der Waals surface area contributed by atoms with E-state index in [0.29, 0.717) is 35.0 Å². The predicted molar refractivity (Wildman–Crippen MR) is 137 cm³/mol. The highest BCUT2D eigenvalue weighted by Gasteiger charge is 2.28. The molecule has 182 valence electrons. The molecule has 35 heavy (non-hydrogen) atoms. The van der Waals surface area contributed by atoms with Gasteiger partial charge in [0, 0.05) is 70.8 Å². The highest BCUT2D eigenvalue weighted by molar-refractivity contribution is 7.21. The zero-order valence-corrected chi connectivity index (χ0v) is 21.3. The second-order valence-corrected chi connectivity index (χ2v) is 10.1. The third-order valence-corrected chi connectivity index (χ3v) is 7.79. The molecule has 1 aliphatic heterocycles. The summed E-state index contributed by atoms with van der Waals surface area (Å²) in [5, 5.41) is 0.889. The standard InChI is InChI=1S/C26H28N4O4S/c1-15-23(26(32)28(2)3)18-7-6-16(12-20(18)29(15)4)34-21-8-10-27-19-13-22(35-24(19)21)25(31)30-11-9-17(14-30)33-5/h6-8,10,12-13,17H,9,11,14H2,1-5H3/t17-/m1/s1. The summed E-state index contributed by atoms with van der Waals surface area (Å²) in [6, 6.07) is 9.38. The van der Waals surface area contributed by atoms with Gasteiger partial charge in [-0.1, -0.05) is 0 Å². The van der Waals surface area contributed by atoms with E-state index in [1.807, 2.05) is 53.8 Å². The minimum atomic E-state index is -0.0248. The fourth-order valence-electron chi connectivity index (χ4n) is 4.59. The van der Waals surface area contributed by atoms with E-state index in [9.17, 15) is 9.59 Å². The van der Waals surface area contributed by atoms with Gasteiger partial charge in [0.1, 0.15) is 11.5 Å². The molecule has 1 aromatic carbocycles. The Morgan fingerprint density at radius 3 is 2.71 bits per heavy atom. The number of aromatic nitrogens is 2. The molecule has 1 saturated heterocycles. The van der Waals surface area contributed by atoms with Crippen LogP contribution in [-0.2, 0) is 11.8 Å². The second-order valence-electron chi connectivity index (χ2n) is 9.03. The quantitative estimate of drug-likeness (QED) is 0.411. The molecule has 2 amide bonds. The molecule has 0 N–H and O–H groups in total.